The lowest BCUT2D eigenvalue weighted by Crippen LogP contribution is -2.21. The van der Waals surface area contributed by atoms with E-state index in [2.05, 4.69) is 10.0 Å². The number of amides is 1. The van der Waals surface area contributed by atoms with E-state index >= 15 is 0 Å². The fourth-order valence-electron chi connectivity index (χ4n) is 3.50. The van der Waals surface area contributed by atoms with Crippen LogP contribution in [0.25, 0.3) is 10.9 Å². The van der Waals surface area contributed by atoms with Crippen LogP contribution in [0.4, 0.5) is 16.2 Å². The number of hydrogen-bond donors (Lipinski definition) is 2. The Kier molecular flexibility index (Phi) is 6.42. The standard InChI is InChI=1S/C23H27N3O6S/c1-23(2,3)16-11-17(21(31-5)18(12-16)25-33(6,29)30)24-22(28)32-19-10-14-8-7-9-15(13-27)20(14)26(19)4/h7-13,25H,1-6H3,(H,24,28). The van der Waals surface area contributed by atoms with Gasteiger partial charge in [-0.3, -0.25) is 14.8 Å². The second-order valence-electron chi connectivity index (χ2n) is 8.69. The van der Waals surface area contributed by atoms with Gasteiger partial charge in [0, 0.05) is 24.1 Å². The predicted molar refractivity (Wildman–Crippen MR) is 128 cm³/mol. The highest BCUT2D eigenvalue weighted by molar-refractivity contribution is 7.92. The summed E-state index contributed by atoms with van der Waals surface area (Å²) in [6.45, 7) is 5.88. The molecule has 0 aliphatic heterocycles. The number of para-hydroxylation sites is 1. The SMILES string of the molecule is COc1c(NC(=O)Oc2cc3cccc(C=O)c3n2C)cc(C(C)(C)C)cc1NS(C)(=O)=O. The summed E-state index contributed by atoms with van der Waals surface area (Å²) >= 11 is 0. The molecule has 0 atom stereocenters. The third-order valence-corrected chi connectivity index (χ3v) is 5.65. The van der Waals surface area contributed by atoms with Crippen molar-refractivity contribution in [2.75, 3.05) is 23.4 Å². The van der Waals surface area contributed by atoms with Gasteiger partial charge in [-0.2, -0.15) is 0 Å². The van der Waals surface area contributed by atoms with Crippen molar-refractivity contribution in [3.8, 4) is 11.6 Å². The first-order valence-corrected chi connectivity index (χ1v) is 12.0. The molecule has 0 aliphatic carbocycles. The summed E-state index contributed by atoms with van der Waals surface area (Å²) in [4.78, 5) is 24.1. The Morgan fingerprint density at radius 2 is 1.79 bits per heavy atom. The molecule has 2 N–H and O–H groups in total. The van der Waals surface area contributed by atoms with Gasteiger partial charge >= 0.3 is 6.09 Å². The lowest BCUT2D eigenvalue weighted by atomic mass is 9.86. The minimum atomic E-state index is -3.60. The molecule has 33 heavy (non-hydrogen) atoms. The first-order valence-electron chi connectivity index (χ1n) is 10.1. The molecule has 0 radical (unpaired) electrons. The van der Waals surface area contributed by atoms with Crippen molar-refractivity contribution in [2.24, 2.45) is 7.05 Å². The Hall–Kier alpha value is -3.53. The molecule has 1 amide bonds. The minimum Gasteiger partial charge on any atom is -0.492 e. The second kappa shape index (κ2) is 8.78. The smallest absolute Gasteiger partial charge is 0.418 e. The fraction of sp³-hybridized carbons (Fsp3) is 0.304. The van der Waals surface area contributed by atoms with Crippen molar-refractivity contribution < 1.29 is 27.5 Å². The minimum absolute atomic E-state index is 0.144. The molecule has 1 aromatic heterocycles. The first kappa shape index (κ1) is 24.1. The Balaban J connectivity index is 1.99. The summed E-state index contributed by atoms with van der Waals surface area (Å²) in [5, 5.41) is 3.39. The van der Waals surface area contributed by atoms with E-state index in [1.807, 2.05) is 26.8 Å². The van der Waals surface area contributed by atoms with E-state index in [1.54, 1.807) is 41.9 Å². The number of aldehydes is 1. The number of sulfonamides is 1. The molecule has 10 heteroatoms. The van der Waals surface area contributed by atoms with Crippen LogP contribution in [0.5, 0.6) is 11.6 Å². The molecule has 2 aromatic carbocycles. The molecular weight excluding hydrogens is 446 g/mol. The number of fused-ring (bicyclic) bond motifs is 1. The van der Waals surface area contributed by atoms with Gasteiger partial charge < -0.3 is 14.0 Å². The zero-order valence-corrected chi connectivity index (χ0v) is 20.2. The largest absolute Gasteiger partial charge is 0.492 e. The lowest BCUT2D eigenvalue weighted by Gasteiger charge is -2.23. The maximum atomic E-state index is 12.8. The van der Waals surface area contributed by atoms with Crippen molar-refractivity contribution in [1.29, 1.82) is 0 Å². The zero-order chi connectivity index (χ0) is 24.6. The summed E-state index contributed by atoms with van der Waals surface area (Å²) in [5.74, 6) is 0.378. The molecule has 0 aliphatic rings. The normalized spacial score (nSPS) is 11.8. The van der Waals surface area contributed by atoms with Crippen LogP contribution in [-0.4, -0.2) is 38.7 Å². The van der Waals surface area contributed by atoms with E-state index in [4.69, 9.17) is 9.47 Å². The van der Waals surface area contributed by atoms with Crippen molar-refractivity contribution in [3.63, 3.8) is 0 Å². The number of anilines is 2. The van der Waals surface area contributed by atoms with Crippen LogP contribution in [0.15, 0.2) is 36.4 Å². The Morgan fingerprint density at radius 1 is 1.12 bits per heavy atom. The number of aromatic nitrogens is 1. The molecule has 0 bridgehead atoms. The van der Waals surface area contributed by atoms with Crippen molar-refractivity contribution in [3.05, 3.63) is 47.5 Å². The van der Waals surface area contributed by atoms with Crippen LogP contribution >= 0.6 is 0 Å². The summed E-state index contributed by atoms with van der Waals surface area (Å²) in [6, 6.07) is 10.3. The van der Waals surface area contributed by atoms with Crippen LogP contribution in [-0.2, 0) is 22.5 Å². The third-order valence-electron chi connectivity index (χ3n) is 5.06. The van der Waals surface area contributed by atoms with E-state index in [0.29, 0.717) is 11.1 Å². The van der Waals surface area contributed by atoms with Crippen molar-refractivity contribution >= 4 is 44.7 Å². The number of nitrogens with zero attached hydrogens (tertiary/aromatic N) is 1. The van der Waals surface area contributed by atoms with Crippen LogP contribution in [0, 0.1) is 0 Å². The van der Waals surface area contributed by atoms with Gasteiger partial charge in [0.05, 0.1) is 30.3 Å². The predicted octanol–water partition coefficient (Wildman–Crippen LogP) is 4.28. The summed E-state index contributed by atoms with van der Waals surface area (Å²) in [5.41, 5.74) is 1.98. The quantitative estimate of drug-likeness (QED) is 0.516. The van der Waals surface area contributed by atoms with E-state index < -0.39 is 16.1 Å². The maximum Gasteiger partial charge on any atom is 0.418 e. The molecule has 3 aromatic rings. The summed E-state index contributed by atoms with van der Waals surface area (Å²) in [7, 11) is -0.535. The van der Waals surface area contributed by atoms with Gasteiger partial charge in [0.1, 0.15) is 0 Å². The third kappa shape index (κ3) is 5.28. The second-order valence-corrected chi connectivity index (χ2v) is 10.4. The van der Waals surface area contributed by atoms with Gasteiger partial charge in [-0.25, -0.2) is 13.2 Å². The van der Waals surface area contributed by atoms with E-state index in [0.717, 1.165) is 23.5 Å². The van der Waals surface area contributed by atoms with Gasteiger partial charge in [0.25, 0.3) is 0 Å². The van der Waals surface area contributed by atoms with Gasteiger partial charge in [-0.15, -0.1) is 0 Å². The van der Waals surface area contributed by atoms with Gasteiger partial charge in [-0.05, 0) is 29.2 Å². The number of ether oxygens (including phenoxy) is 2. The molecule has 0 saturated heterocycles. The van der Waals surface area contributed by atoms with Crippen LogP contribution in [0.2, 0.25) is 0 Å². The Labute approximate surface area is 192 Å². The van der Waals surface area contributed by atoms with E-state index in [1.165, 1.54) is 7.11 Å². The number of carbonyl (C=O) groups excluding carboxylic acids is 2. The number of aryl methyl sites for hydroxylation is 1. The number of rotatable bonds is 6. The fourth-order valence-corrected chi connectivity index (χ4v) is 4.05. The number of benzene rings is 2. The highest BCUT2D eigenvalue weighted by Crippen LogP contribution is 2.39. The van der Waals surface area contributed by atoms with Gasteiger partial charge in [0.15, 0.2) is 12.0 Å². The van der Waals surface area contributed by atoms with Crippen molar-refractivity contribution in [1.82, 2.24) is 4.57 Å². The van der Waals surface area contributed by atoms with Crippen LogP contribution < -0.4 is 19.5 Å². The van der Waals surface area contributed by atoms with Crippen LogP contribution in [0.1, 0.15) is 36.7 Å². The highest BCUT2D eigenvalue weighted by atomic mass is 32.2. The van der Waals surface area contributed by atoms with Gasteiger partial charge in [-0.1, -0.05) is 32.9 Å². The number of carbonyl (C=O) groups is 2. The molecule has 0 spiro atoms. The molecule has 1 heterocycles. The number of hydrogen-bond acceptors (Lipinski definition) is 6. The first-order chi connectivity index (χ1) is 15.3. The Bertz CT molecular complexity index is 1340. The zero-order valence-electron chi connectivity index (χ0n) is 19.3. The van der Waals surface area contributed by atoms with E-state index in [9.17, 15) is 18.0 Å². The van der Waals surface area contributed by atoms with Crippen LogP contribution in [0.3, 0.4) is 0 Å². The summed E-state index contributed by atoms with van der Waals surface area (Å²) < 4.78 is 38.7. The highest BCUT2D eigenvalue weighted by Gasteiger charge is 2.23. The molecular formula is C23H27N3O6S. The molecule has 176 valence electrons. The number of methoxy groups -OCH3 is 1. The van der Waals surface area contributed by atoms with Crippen molar-refractivity contribution in [2.45, 2.75) is 26.2 Å². The molecule has 0 unspecified atom stereocenters. The molecule has 9 nitrogen and oxygen atoms in total. The average molecular weight is 474 g/mol. The monoisotopic (exact) mass is 473 g/mol. The average Bonchev–Trinajstić information content (AvgIpc) is 3.01. The molecule has 3 rings (SSSR count). The Morgan fingerprint density at radius 3 is 2.36 bits per heavy atom. The lowest BCUT2D eigenvalue weighted by molar-refractivity contribution is 0.112. The molecule has 0 saturated carbocycles. The summed E-state index contributed by atoms with van der Waals surface area (Å²) in [6.07, 6.45) is 0.972. The number of nitrogens with one attached hydrogen (secondary N) is 2. The van der Waals surface area contributed by atoms with Gasteiger partial charge in [0.2, 0.25) is 15.9 Å². The maximum absolute atomic E-state index is 12.8. The molecule has 0 fully saturated rings. The van der Waals surface area contributed by atoms with E-state index in [-0.39, 0.29) is 28.4 Å². The topological polar surface area (TPSA) is 116 Å².